The zero-order chi connectivity index (χ0) is 28.6. The highest BCUT2D eigenvalue weighted by Crippen LogP contribution is 2.44. The van der Waals surface area contributed by atoms with Crippen LogP contribution >= 0.6 is 12.2 Å². The van der Waals surface area contributed by atoms with Gasteiger partial charge in [-0.05, 0) is 73.2 Å². The van der Waals surface area contributed by atoms with E-state index in [0.29, 0.717) is 33.8 Å². The van der Waals surface area contributed by atoms with Crippen LogP contribution in [0.1, 0.15) is 39.5 Å². The lowest BCUT2D eigenvalue weighted by molar-refractivity contribution is 0.0696. The highest BCUT2D eigenvalue weighted by atomic mass is 32.2. The summed E-state index contributed by atoms with van der Waals surface area (Å²) >= 11 is 5.77. The summed E-state index contributed by atoms with van der Waals surface area (Å²) in [5.41, 5.74) is 3.42. The van der Waals surface area contributed by atoms with Crippen LogP contribution in [0.2, 0.25) is 0 Å². The summed E-state index contributed by atoms with van der Waals surface area (Å²) in [6.45, 7) is 1.83. The number of nitrogens with zero attached hydrogens (tertiary/aromatic N) is 2. The lowest BCUT2D eigenvalue weighted by Gasteiger charge is -2.27. The number of carboxylic acid groups (broad SMARTS) is 1. The molecule has 0 aliphatic carbocycles. The van der Waals surface area contributed by atoms with E-state index in [2.05, 4.69) is 15.0 Å². The van der Waals surface area contributed by atoms with E-state index in [0.717, 1.165) is 23.1 Å². The number of carbonyl (C=O) groups is 1. The zero-order valence-corrected chi connectivity index (χ0v) is 23.4. The fourth-order valence-electron chi connectivity index (χ4n) is 4.77. The molecule has 1 fully saturated rings. The van der Waals surface area contributed by atoms with Gasteiger partial charge in [0, 0.05) is 23.5 Å². The van der Waals surface area contributed by atoms with Gasteiger partial charge in [0.25, 0.3) is 0 Å². The number of anilines is 2. The highest BCUT2D eigenvalue weighted by Gasteiger charge is 2.43. The van der Waals surface area contributed by atoms with E-state index in [4.69, 9.17) is 21.4 Å². The van der Waals surface area contributed by atoms with Crippen LogP contribution in [0.25, 0.3) is 11.3 Å². The van der Waals surface area contributed by atoms with Gasteiger partial charge in [-0.2, -0.15) is 0 Å². The number of furan rings is 1. The fraction of sp³-hybridized carbons (Fsp3) is 0.179. The molecule has 1 aliphatic rings. The van der Waals surface area contributed by atoms with Crippen molar-refractivity contribution >= 4 is 44.7 Å². The predicted molar refractivity (Wildman–Crippen MR) is 155 cm³/mol. The lowest BCUT2D eigenvalue weighted by Crippen LogP contribution is -2.29. The van der Waals surface area contributed by atoms with E-state index in [1.807, 2.05) is 42.2 Å². The molecule has 3 N–H and O–H groups in total. The summed E-state index contributed by atoms with van der Waals surface area (Å²) in [6, 6.07) is 18.4. The fourth-order valence-corrected chi connectivity index (χ4v) is 5.68. The number of carboxylic acids is 1. The van der Waals surface area contributed by atoms with Crippen molar-refractivity contribution in [1.29, 1.82) is 0 Å². The minimum atomic E-state index is -3.52. The average molecular weight is 579 g/mol. The number of thiocarbonyl (C=S) groups is 1. The number of hydrogen-bond donors (Lipinski definition) is 3. The summed E-state index contributed by atoms with van der Waals surface area (Å²) in [4.78, 5) is 17.8. The van der Waals surface area contributed by atoms with Gasteiger partial charge in [-0.15, -0.1) is 0 Å². The van der Waals surface area contributed by atoms with Crippen molar-refractivity contribution in [1.82, 2.24) is 10.3 Å². The van der Waals surface area contributed by atoms with Crippen molar-refractivity contribution in [2.75, 3.05) is 23.0 Å². The van der Waals surface area contributed by atoms with Gasteiger partial charge in [0.2, 0.25) is 10.0 Å². The Balaban J connectivity index is 1.59. The summed E-state index contributed by atoms with van der Waals surface area (Å²) < 4.78 is 38.0. The molecule has 2 atom stereocenters. The Kier molecular flexibility index (Phi) is 7.21. The quantitative estimate of drug-likeness (QED) is 0.248. The number of aromatic carboxylic acids is 1. The Morgan fingerprint density at radius 2 is 1.95 bits per heavy atom. The van der Waals surface area contributed by atoms with E-state index < -0.39 is 22.0 Å². The molecule has 10 nitrogen and oxygen atoms in total. The van der Waals surface area contributed by atoms with Crippen molar-refractivity contribution in [3.05, 3.63) is 95.5 Å². The van der Waals surface area contributed by atoms with Gasteiger partial charge in [0.1, 0.15) is 23.3 Å². The van der Waals surface area contributed by atoms with Crippen LogP contribution in [-0.2, 0) is 10.0 Å². The number of ether oxygens (including phenoxy) is 1. The molecule has 12 heteroatoms. The maximum atomic E-state index is 11.8. The lowest BCUT2D eigenvalue weighted by atomic mass is 10.0. The molecule has 3 heterocycles. The molecule has 40 heavy (non-hydrogen) atoms. The van der Waals surface area contributed by atoms with E-state index >= 15 is 0 Å². The SMILES string of the molecule is COc1cc(N2C(=S)N[C@@H](c3ccccn3)[C@H]2c2ccc(-c3ccc(C(=O)O)cc3C)o2)ccc1NS(C)(=O)=O. The predicted octanol–water partition coefficient (Wildman–Crippen LogP) is 4.91. The summed E-state index contributed by atoms with van der Waals surface area (Å²) in [5.74, 6) is 0.492. The number of rotatable bonds is 8. The van der Waals surface area contributed by atoms with Gasteiger partial charge in [0.15, 0.2) is 5.11 Å². The molecule has 0 unspecified atom stereocenters. The van der Waals surface area contributed by atoms with Crippen LogP contribution in [0.5, 0.6) is 5.75 Å². The molecule has 2 aromatic carbocycles. The molecule has 1 aliphatic heterocycles. The average Bonchev–Trinajstić information content (AvgIpc) is 3.53. The molecule has 1 saturated heterocycles. The van der Waals surface area contributed by atoms with Crippen molar-refractivity contribution < 1.29 is 27.5 Å². The standard InChI is InChI=1S/C28H26N4O6S2/c1-16-14-17(27(33)34)7-9-19(16)22-11-12-23(38-22)26-25(21-6-4-5-13-29-21)30-28(39)32(26)18-8-10-20(24(15-18)37-2)31-40(3,35)36/h4-15,25-26,31H,1-3H3,(H,30,39)(H,33,34)/t25-,26+/m0/s1. The summed E-state index contributed by atoms with van der Waals surface area (Å²) in [5, 5.41) is 13.1. The maximum Gasteiger partial charge on any atom is 0.335 e. The number of benzene rings is 2. The largest absolute Gasteiger partial charge is 0.494 e. The number of aromatic nitrogens is 1. The molecule has 0 saturated carbocycles. The minimum absolute atomic E-state index is 0.197. The first-order valence-corrected chi connectivity index (χ1v) is 14.5. The topological polar surface area (TPSA) is 134 Å². The summed E-state index contributed by atoms with van der Waals surface area (Å²) in [6.07, 6.45) is 2.77. The number of pyridine rings is 1. The number of nitrogens with one attached hydrogen (secondary N) is 2. The molecular weight excluding hydrogens is 552 g/mol. The maximum absolute atomic E-state index is 11.8. The molecule has 0 radical (unpaired) electrons. The number of methoxy groups -OCH3 is 1. The van der Waals surface area contributed by atoms with Crippen molar-refractivity contribution in [3.63, 3.8) is 0 Å². The van der Waals surface area contributed by atoms with Gasteiger partial charge >= 0.3 is 5.97 Å². The van der Waals surface area contributed by atoms with Gasteiger partial charge in [-0.1, -0.05) is 12.1 Å². The normalized spacial score (nSPS) is 17.0. The molecule has 5 rings (SSSR count). The van der Waals surface area contributed by atoms with E-state index in [1.165, 1.54) is 7.11 Å². The second kappa shape index (κ2) is 10.6. The number of sulfonamides is 1. The third-order valence-corrected chi connectivity index (χ3v) is 7.42. The van der Waals surface area contributed by atoms with Gasteiger partial charge in [0.05, 0.1) is 36.4 Å². The Morgan fingerprint density at radius 3 is 2.60 bits per heavy atom. The van der Waals surface area contributed by atoms with Crippen molar-refractivity contribution in [2.45, 2.75) is 19.0 Å². The Hall–Kier alpha value is -4.42. The third kappa shape index (κ3) is 5.36. The molecular formula is C28H26N4O6S2. The second-order valence-corrected chi connectivity index (χ2v) is 11.4. The Bertz CT molecular complexity index is 1700. The van der Waals surface area contributed by atoms with Gasteiger partial charge in [-0.25, -0.2) is 13.2 Å². The van der Waals surface area contributed by atoms with Crippen LogP contribution < -0.4 is 19.7 Å². The van der Waals surface area contributed by atoms with Crippen LogP contribution in [-0.4, -0.2) is 43.0 Å². The molecule has 0 bridgehead atoms. The van der Waals surface area contributed by atoms with Gasteiger partial charge in [-0.3, -0.25) is 9.71 Å². The Labute approximate surface area is 236 Å². The molecule has 4 aromatic rings. The van der Waals surface area contributed by atoms with E-state index in [9.17, 15) is 18.3 Å². The highest BCUT2D eigenvalue weighted by molar-refractivity contribution is 7.92. The van der Waals surface area contributed by atoms with E-state index in [1.54, 1.807) is 42.6 Å². The zero-order valence-electron chi connectivity index (χ0n) is 21.8. The minimum Gasteiger partial charge on any atom is -0.494 e. The smallest absolute Gasteiger partial charge is 0.335 e. The number of hydrogen-bond acceptors (Lipinski definition) is 7. The second-order valence-electron chi connectivity index (χ2n) is 9.29. The Morgan fingerprint density at radius 1 is 1.15 bits per heavy atom. The van der Waals surface area contributed by atoms with Gasteiger partial charge < -0.3 is 24.5 Å². The summed E-state index contributed by atoms with van der Waals surface area (Å²) in [7, 11) is -2.07. The molecule has 0 amide bonds. The molecule has 2 aromatic heterocycles. The van der Waals surface area contributed by atoms with Crippen LogP contribution in [0.15, 0.2) is 77.3 Å². The number of aryl methyl sites for hydroxylation is 1. The molecule has 0 spiro atoms. The monoisotopic (exact) mass is 578 g/mol. The first kappa shape index (κ1) is 27.2. The van der Waals surface area contributed by atoms with Crippen LogP contribution in [0.4, 0.5) is 11.4 Å². The first-order valence-electron chi connectivity index (χ1n) is 12.2. The first-order chi connectivity index (χ1) is 19.1. The van der Waals surface area contributed by atoms with Crippen LogP contribution in [0.3, 0.4) is 0 Å². The van der Waals surface area contributed by atoms with Crippen LogP contribution in [0, 0.1) is 6.92 Å². The van der Waals surface area contributed by atoms with Crippen molar-refractivity contribution in [3.8, 4) is 17.1 Å². The third-order valence-electron chi connectivity index (χ3n) is 6.51. The van der Waals surface area contributed by atoms with Crippen molar-refractivity contribution in [2.24, 2.45) is 0 Å². The molecule has 206 valence electrons. The van der Waals surface area contributed by atoms with E-state index in [-0.39, 0.29) is 11.6 Å².